The van der Waals surface area contributed by atoms with Crippen LogP contribution in [0, 0.1) is 5.92 Å². The lowest BCUT2D eigenvalue weighted by atomic mass is 10.1. The predicted molar refractivity (Wildman–Crippen MR) is 145 cm³/mol. The molecule has 13 heteroatoms. The Balaban J connectivity index is 3.12. The number of nitrogens with zero attached hydrogens (tertiary/aromatic N) is 3. The molecule has 1 aromatic rings. The van der Waals surface area contributed by atoms with Gasteiger partial charge < -0.3 is 38.3 Å². The lowest BCUT2D eigenvalue weighted by Crippen LogP contribution is -2.41. The van der Waals surface area contributed by atoms with Crippen LogP contribution in [0.15, 0.2) is 5.16 Å². The maximum absolute atomic E-state index is 12.8. The molecule has 2 atom stereocenters. The first-order valence-corrected chi connectivity index (χ1v) is 13.8. The van der Waals surface area contributed by atoms with Gasteiger partial charge in [0.25, 0.3) is 0 Å². The van der Waals surface area contributed by atoms with Crippen LogP contribution < -0.4 is 33.2 Å². The summed E-state index contributed by atoms with van der Waals surface area (Å²) in [5.74, 6) is 0.544. The highest BCUT2D eigenvalue weighted by Gasteiger charge is 2.22. The Kier molecular flexibility index (Phi) is 16.8. The number of thioether (sulfide) groups is 1. The number of nitrogens with two attached hydrogens (primary N) is 3. The van der Waals surface area contributed by atoms with Crippen molar-refractivity contribution in [1.29, 1.82) is 0 Å². The Morgan fingerprint density at radius 3 is 1.92 bits per heavy atom. The third-order valence-corrected chi connectivity index (χ3v) is 6.22. The SMILES string of the molecule is CC(C)CCSc1nc(NC(CCCCN)C(=O)NCCCN)nc(N[C@@H](CCCCN)C(=O)O)n1. The van der Waals surface area contributed by atoms with Crippen molar-refractivity contribution in [2.75, 3.05) is 42.6 Å². The van der Waals surface area contributed by atoms with Gasteiger partial charge in [-0.2, -0.15) is 15.0 Å². The number of hydrogen-bond donors (Lipinski definition) is 7. The summed E-state index contributed by atoms with van der Waals surface area (Å²) < 4.78 is 0. The second kappa shape index (κ2) is 19.0. The third-order valence-electron chi connectivity index (χ3n) is 5.34. The van der Waals surface area contributed by atoms with E-state index in [0.717, 1.165) is 31.4 Å². The normalized spacial score (nSPS) is 12.8. The molecule has 10 N–H and O–H groups in total. The number of nitrogens with one attached hydrogen (secondary N) is 3. The molecule has 206 valence electrons. The molecule has 0 saturated heterocycles. The zero-order valence-electron chi connectivity index (χ0n) is 21.7. The molecule has 12 nitrogen and oxygen atoms in total. The van der Waals surface area contributed by atoms with Crippen molar-refractivity contribution < 1.29 is 14.7 Å². The van der Waals surface area contributed by atoms with E-state index in [4.69, 9.17) is 17.2 Å². The largest absolute Gasteiger partial charge is 0.480 e. The average Bonchev–Trinajstić information content (AvgIpc) is 2.82. The first kappa shape index (κ1) is 31.8. The first-order valence-electron chi connectivity index (χ1n) is 12.8. The maximum atomic E-state index is 12.8. The van der Waals surface area contributed by atoms with Gasteiger partial charge in [0.2, 0.25) is 17.8 Å². The molecule has 0 fully saturated rings. The zero-order valence-corrected chi connectivity index (χ0v) is 22.5. The Hall–Kier alpha value is -2.22. The molecule has 1 amide bonds. The zero-order chi connectivity index (χ0) is 26.8. The van der Waals surface area contributed by atoms with Crippen LogP contribution in [0.5, 0.6) is 0 Å². The fourth-order valence-corrected chi connectivity index (χ4v) is 4.27. The molecule has 0 spiro atoms. The van der Waals surface area contributed by atoms with E-state index in [9.17, 15) is 14.7 Å². The topological polar surface area (TPSA) is 207 Å². The van der Waals surface area contributed by atoms with Gasteiger partial charge in [0.05, 0.1) is 0 Å². The van der Waals surface area contributed by atoms with Crippen molar-refractivity contribution in [3.05, 3.63) is 0 Å². The third kappa shape index (κ3) is 13.8. The number of aromatic nitrogens is 3. The number of hydrogen-bond acceptors (Lipinski definition) is 11. The van der Waals surface area contributed by atoms with E-state index in [1.807, 2.05) is 0 Å². The number of anilines is 2. The van der Waals surface area contributed by atoms with Crippen LogP contribution >= 0.6 is 11.8 Å². The van der Waals surface area contributed by atoms with Crippen LogP contribution in [-0.4, -0.2) is 76.0 Å². The number of aliphatic carboxylic acids is 1. The van der Waals surface area contributed by atoms with E-state index in [2.05, 4.69) is 44.7 Å². The van der Waals surface area contributed by atoms with Gasteiger partial charge in [-0.3, -0.25) is 4.79 Å². The number of carboxylic acid groups (broad SMARTS) is 1. The van der Waals surface area contributed by atoms with E-state index in [1.165, 1.54) is 11.8 Å². The van der Waals surface area contributed by atoms with E-state index < -0.39 is 18.1 Å². The Morgan fingerprint density at radius 2 is 1.39 bits per heavy atom. The van der Waals surface area contributed by atoms with E-state index in [-0.39, 0.29) is 17.8 Å². The number of unbranched alkanes of at least 4 members (excludes halogenated alkanes) is 2. The minimum absolute atomic E-state index is 0.156. The molecule has 1 rings (SSSR count). The lowest BCUT2D eigenvalue weighted by molar-refractivity contribution is -0.138. The molecule has 0 bridgehead atoms. The molecule has 0 aliphatic carbocycles. The van der Waals surface area contributed by atoms with Crippen LogP contribution in [0.1, 0.15) is 65.2 Å². The first-order chi connectivity index (χ1) is 17.3. The van der Waals surface area contributed by atoms with Gasteiger partial charge in [-0.15, -0.1) is 0 Å². The van der Waals surface area contributed by atoms with Gasteiger partial charge in [-0.1, -0.05) is 25.6 Å². The monoisotopic (exact) mass is 527 g/mol. The molecule has 1 unspecified atom stereocenters. The predicted octanol–water partition coefficient (Wildman–Crippen LogP) is 1.38. The van der Waals surface area contributed by atoms with Gasteiger partial charge in [-0.05, 0) is 76.9 Å². The number of carbonyl (C=O) groups is 2. The highest BCUT2D eigenvalue weighted by atomic mass is 32.2. The van der Waals surface area contributed by atoms with Gasteiger partial charge in [0.1, 0.15) is 12.1 Å². The number of rotatable bonds is 21. The summed E-state index contributed by atoms with van der Waals surface area (Å²) in [4.78, 5) is 38.0. The number of carboxylic acids is 1. The van der Waals surface area contributed by atoms with Crippen molar-refractivity contribution in [3.63, 3.8) is 0 Å². The molecular weight excluding hydrogens is 482 g/mol. The summed E-state index contributed by atoms with van der Waals surface area (Å²) in [6.45, 7) is 6.29. The fraction of sp³-hybridized carbons (Fsp3) is 0.783. The lowest BCUT2D eigenvalue weighted by Gasteiger charge is -2.20. The van der Waals surface area contributed by atoms with Crippen LogP contribution in [0.2, 0.25) is 0 Å². The standard InChI is InChI=1S/C23H45N9O3S/c1-16(2)10-15-36-23-31-21(28-17(8-3-5-11-24)19(33)27-14-7-13-26)30-22(32-23)29-18(20(34)35)9-4-6-12-25/h16-18H,3-15,24-26H2,1-2H3,(H,27,33)(H,34,35)(H2,28,29,30,31,32)/t17?,18-/m0/s1. The summed E-state index contributed by atoms with van der Waals surface area (Å²) in [5.41, 5.74) is 16.7. The maximum Gasteiger partial charge on any atom is 0.326 e. The van der Waals surface area contributed by atoms with E-state index in [1.54, 1.807) is 0 Å². The van der Waals surface area contributed by atoms with Crippen LogP contribution in [0.3, 0.4) is 0 Å². The minimum Gasteiger partial charge on any atom is -0.480 e. The minimum atomic E-state index is -0.991. The molecule has 0 saturated carbocycles. The van der Waals surface area contributed by atoms with Crippen molar-refractivity contribution in [2.24, 2.45) is 23.1 Å². The molecular formula is C23H45N9O3S. The smallest absolute Gasteiger partial charge is 0.326 e. The van der Waals surface area contributed by atoms with Crippen LogP contribution in [0.25, 0.3) is 0 Å². The number of amides is 1. The van der Waals surface area contributed by atoms with Crippen LogP contribution in [0.4, 0.5) is 11.9 Å². The molecule has 1 aromatic heterocycles. The van der Waals surface area contributed by atoms with Crippen LogP contribution in [-0.2, 0) is 9.59 Å². The Labute approximate surface area is 218 Å². The summed E-state index contributed by atoms with van der Waals surface area (Å²) in [7, 11) is 0. The van der Waals surface area contributed by atoms with Crippen molar-refractivity contribution >= 4 is 35.5 Å². The molecule has 0 aromatic carbocycles. The fourth-order valence-electron chi connectivity index (χ4n) is 3.20. The second-order valence-corrected chi connectivity index (χ2v) is 10.1. The summed E-state index contributed by atoms with van der Waals surface area (Å²) in [6, 6.07) is -1.43. The number of carbonyl (C=O) groups excluding carboxylic acids is 1. The van der Waals surface area contributed by atoms with E-state index in [0.29, 0.717) is 62.9 Å². The summed E-state index contributed by atoms with van der Waals surface area (Å²) in [5, 5.41) is 19.1. The molecule has 0 aliphatic heterocycles. The highest BCUT2D eigenvalue weighted by Crippen LogP contribution is 2.21. The van der Waals surface area contributed by atoms with Gasteiger partial charge in [0, 0.05) is 12.3 Å². The molecule has 1 heterocycles. The molecule has 36 heavy (non-hydrogen) atoms. The van der Waals surface area contributed by atoms with Crippen molar-refractivity contribution in [1.82, 2.24) is 20.3 Å². The van der Waals surface area contributed by atoms with Crippen molar-refractivity contribution in [3.8, 4) is 0 Å². The second-order valence-electron chi connectivity index (χ2n) is 9.03. The molecule has 0 radical (unpaired) electrons. The van der Waals surface area contributed by atoms with Gasteiger partial charge in [-0.25, -0.2) is 4.79 Å². The Morgan fingerprint density at radius 1 is 0.833 bits per heavy atom. The quantitative estimate of drug-likeness (QED) is 0.0893. The van der Waals surface area contributed by atoms with Gasteiger partial charge in [0.15, 0.2) is 5.16 Å². The van der Waals surface area contributed by atoms with E-state index >= 15 is 0 Å². The summed E-state index contributed by atoms with van der Waals surface area (Å²) in [6.07, 6.45) is 5.54. The summed E-state index contributed by atoms with van der Waals surface area (Å²) >= 11 is 1.47. The highest BCUT2D eigenvalue weighted by molar-refractivity contribution is 7.99. The molecule has 0 aliphatic rings. The average molecular weight is 528 g/mol. The van der Waals surface area contributed by atoms with Gasteiger partial charge >= 0.3 is 5.97 Å². The Bertz CT molecular complexity index is 770. The van der Waals surface area contributed by atoms with Crippen molar-refractivity contribution in [2.45, 2.75) is 82.5 Å².